The molecular weight excluding hydrogens is 262 g/mol. The van der Waals surface area contributed by atoms with Gasteiger partial charge >= 0.3 is 0 Å². The lowest BCUT2D eigenvalue weighted by molar-refractivity contribution is 0.660. The summed E-state index contributed by atoms with van der Waals surface area (Å²) in [4.78, 5) is 13.0. The van der Waals surface area contributed by atoms with Crippen molar-refractivity contribution in [2.45, 2.75) is 32.7 Å². The second-order valence-electron chi connectivity index (χ2n) is 5.13. The van der Waals surface area contributed by atoms with Crippen molar-refractivity contribution in [2.75, 3.05) is 5.73 Å². The summed E-state index contributed by atoms with van der Waals surface area (Å²) in [5, 5.41) is 0. The molecule has 0 aromatic heterocycles. The van der Waals surface area contributed by atoms with Gasteiger partial charge in [-0.05, 0) is 12.0 Å². The fourth-order valence-electron chi connectivity index (χ4n) is 2.44. The first kappa shape index (κ1) is 13.5. The Hall–Kier alpha value is -2.43. The first-order chi connectivity index (χ1) is 10.3. The molecule has 0 radical (unpaired) electrons. The normalized spacial score (nSPS) is 11.1. The number of aryl methyl sites for hydroxylation is 1. The van der Waals surface area contributed by atoms with E-state index in [0.717, 1.165) is 25.1 Å². The van der Waals surface area contributed by atoms with Gasteiger partial charge in [0.1, 0.15) is 23.7 Å². The van der Waals surface area contributed by atoms with Crippen LogP contribution in [0.2, 0.25) is 0 Å². The summed E-state index contributed by atoms with van der Waals surface area (Å²) in [5.74, 6) is 2.27. The van der Waals surface area contributed by atoms with Crippen molar-refractivity contribution >= 4 is 5.82 Å². The van der Waals surface area contributed by atoms with Crippen LogP contribution in [0.3, 0.4) is 0 Å². The Labute approximate surface area is 124 Å². The van der Waals surface area contributed by atoms with Gasteiger partial charge in [-0.1, -0.05) is 43.7 Å². The van der Waals surface area contributed by atoms with Crippen LogP contribution in [0, 0.1) is 0 Å². The van der Waals surface area contributed by atoms with Gasteiger partial charge in [0.05, 0.1) is 6.54 Å². The van der Waals surface area contributed by atoms with Crippen molar-refractivity contribution in [2.24, 2.45) is 0 Å². The number of imidazole rings is 1. The molecule has 21 heavy (non-hydrogen) atoms. The minimum atomic E-state index is 0.642. The molecule has 3 rings (SSSR count). The van der Waals surface area contributed by atoms with E-state index in [9.17, 15) is 0 Å². The van der Waals surface area contributed by atoms with Crippen LogP contribution >= 0.6 is 0 Å². The van der Waals surface area contributed by atoms with Crippen molar-refractivity contribution in [1.29, 1.82) is 0 Å². The quantitative estimate of drug-likeness (QED) is 0.780. The number of nitrogen functional groups attached to an aromatic ring is 1. The molecule has 0 unspecified atom stereocenters. The van der Waals surface area contributed by atoms with Gasteiger partial charge in [-0.3, -0.25) is 0 Å². The van der Waals surface area contributed by atoms with E-state index < -0.39 is 0 Å². The maximum absolute atomic E-state index is 6.30. The number of hydrogen-bond acceptors (Lipinski definition) is 4. The molecule has 0 amide bonds. The average molecular weight is 281 g/mol. The number of aromatic nitrogens is 4. The highest BCUT2D eigenvalue weighted by molar-refractivity contribution is 5.65. The van der Waals surface area contributed by atoms with Gasteiger partial charge in [0.25, 0.3) is 0 Å². The van der Waals surface area contributed by atoms with Crippen LogP contribution in [0.5, 0.6) is 0 Å². The van der Waals surface area contributed by atoms with Crippen molar-refractivity contribution in [3.8, 4) is 11.5 Å². The highest BCUT2D eigenvalue weighted by atomic mass is 15.2. The Morgan fingerprint density at radius 2 is 1.95 bits per heavy atom. The lowest BCUT2D eigenvalue weighted by atomic mass is 10.2. The Bertz CT molecular complexity index is 689. The largest absolute Gasteiger partial charge is 0.383 e. The molecule has 2 aliphatic rings. The number of hydrogen-bond donors (Lipinski definition) is 1. The molecule has 5 heteroatoms. The molecule has 1 aromatic carbocycles. The number of nitrogens with two attached hydrogens (primary N) is 1. The van der Waals surface area contributed by atoms with Crippen molar-refractivity contribution in [3.05, 3.63) is 48.0 Å². The predicted molar refractivity (Wildman–Crippen MR) is 83.0 cm³/mol. The highest BCUT2D eigenvalue weighted by Gasteiger charge is 2.18. The van der Waals surface area contributed by atoms with Gasteiger partial charge in [0, 0.05) is 6.42 Å². The van der Waals surface area contributed by atoms with Gasteiger partial charge in [0.15, 0.2) is 5.82 Å². The Morgan fingerprint density at radius 1 is 1.14 bits per heavy atom. The van der Waals surface area contributed by atoms with Crippen LogP contribution in [-0.4, -0.2) is 19.5 Å². The number of unbranched alkanes of at least 4 members (excludes halogenated alkanes) is 1. The van der Waals surface area contributed by atoms with Gasteiger partial charge < -0.3 is 10.3 Å². The van der Waals surface area contributed by atoms with E-state index in [2.05, 4.69) is 38.6 Å². The lowest BCUT2D eigenvalue weighted by Gasteiger charge is -2.18. The van der Waals surface area contributed by atoms with E-state index in [1.165, 1.54) is 11.9 Å². The lowest BCUT2D eigenvalue weighted by Crippen LogP contribution is -2.17. The van der Waals surface area contributed by atoms with Gasteiger partial charge in [-0.15, -0.1) is 0 Å². The summed E-state index contributed by atoms with van der Waals surface area (Å²) < 4.78 is 2.06. The molecule has 2 heterocycles. The third-order valence-corrected chi connectivity index (χ3v) is 3.60. The van der Waals surface area contributed by atoms with Crippen molar-refractivity contribution < 1.29 is 0 Å². The van der Waals surface area contributed by atoms with E-state index in [1.54, 1.807) is 0 Å². The van der Waals surface area contributed by atoms with E-state index in [0.29, 0.717) is 23.9 Å². The Morgan fingerprint density at radius 3 is 2.71 bits per heavy atom. The molecule has 0 saturated heterocycles. The number of nitrogens with zero attached hydrogens (tertiary/aromatic N) is 4. The second kappa shape index (κ2) is 5.91. The van der Waals surface area contributed by atoms with Crippen LogP contribution in [-0.2, 0) is 13.0 Å². The average Bonchev–Trinajstić information content (AvgIpc) is 2.98. The molecule has 108 valence electrons. The molecule has 2 N–H and O–H groups in total. The molecule has 0 aliphatic carbocycles. The Balaban J connectivity index is 2.05. The zero-order valence-corrected chi connectivity index (χ0v) is 12.2. The highest BCUT2D eigenvalue weighted by Crippen LogP contribution is 2.25. The minimum Gasteiger partial charge on any atom is -0.383 e. The van der Waals surface area contributed by atoms with Crippen molar-refractivity contribution in [3.63, 3.8) is 0 Å². The zero-order chi connectivity index (χ0) is 14.7. The molecule has 0 bridgehead atoms. The van der Waals surface area contributed by atoms with E-state index >= 15 is 0 Å². The van der Waals surface area contributed by atoms with Crippen LogP contribution in [0.25, 0.3) is 11.5 Å². The zero-order valence-electron chi connectivity index (χ0n) is 12.2. The third-order valence-electron chi connectivity index (χ3n) is 3.60. The smallest absolute Gasteiger partial charge is 0.185 e. The fourth-order valence-corrected chi connectivity index (χ4v) is 2.44. The van der Waals surface area contributed by atoms with Crippen LogP contribution in [0.4, 0.5) is 5.82 Å². The molecule has 2 aliphatic heterocycles. The molecule has 0 atom stereocenters. The standard InChI is InChI=1S/C16H19N5/c1-2-3-9-13-20-16-14(18-11-19-16)15(17)21(13)10-12-7-5-4-6-8-12/h4-8,11H,2-3,9-10,17H2,1H3. The molecule has 0 saturated carbocycles. The van der Waals surface area contributed by atoms with E-state index in [4.69, 9.17) is 5.73 Å². The summed E-state index contributed by atoms with van der Waals surface area (Å²) >= 11 is 0. The molecular formula is C16H19N5. The maximum atomic E-state index is 6.30. The summed E-state index contributed by atoms with van der Waals surface area (Å²) in [7, 11) is 0. The van der Waals surface area contributed by atoms with Gasteiger partial charge in [0.2, 0.25) is 0 Å². The molecule has 1 aromatic rings. The summed E-state index contributed by atoms with van der Waals surface area (Å²) in [6.45, 7) is 2.88. The number of anilines is 1. The number of fused-ring (bicyclic) bond motifs is 1. The minimum absolute atomic E-state index is 0.642. The summed E-state index contributed by atoms with van der Waals surface area (Å²) in [6.07, 6.45) is 4.62. The second-order valence-corrected chi connectivity index (χ2v) is 5.13. The van der Waals surface area contributed by atoms with Crippen molar-refractivity contribution in [1.82, 2.24) is 19.5 Å². The third kappa shape index (κ3) is 2.72. The Kier molecular flexibility index (Phi) is 3.81. The topological polar surface area (TPSA) is 69.6 Å². The molecule has 0 fully saturated rings. The van der Waals surface area contributed by atoms with E-state index in [1.807, 2.05) is 18.2 Å². The summed E-state index contributed by atoms with van der Waals surface area (Å²) in [6, 6.07) is 10.3. The molecule has 5 nitrogen and oxygen atoms in total. The summed E-state index contributed by atoms with van der Waals surface area (Å²) in [5.41, 5.74) is 8.19. The SMILES string of the molecule is CCCCc1nc2ncnc-2c(N)n1Cc1ccccc1. The first-order valence-electron chi connectivity index (χ1n) is 7.29. The van der Waals surface area contributed by atoms with Crippen LogP contribution in [0.15, 0.2) is 36.7 Å². The van der Waals surface area contributed by atoms with Crippen LogP contribution in [0.1, 0.15) is 31.2 Å². The maximum Gasteiger partial charge on any atom is 0.185 e. The van der Waals surface area contributed by atoms with E-state index in [-0.39, 0.29) is 0 Å². The van der Waals surface area contributed by atoms with Crippen LogP contribution < -0.4 is 5.73 Å². The van der Waals surface area contributed by atoms with Gasteiger partial charge in [-0.25, -0.2) is 15.0 Å². The number of rotatable bonds is 5. The monoisotopic (exact) mass is 281 g/mol. The number of benzene rings is 1. The molecule has 0 spiro atoms. The predicted octanol–water partition coefficient (Wildman–Crippen LogP) is 2.75. The first-order valence-corrected chi connectivity index (χ1v) is 7.29. The van der Waals surface area contributed by atoms with Gasteiger partial charge in [-0.2, -0.15) is 0 Å². The fraction of sp³-hybridized carbons (Fsp3) is 0.312.